The number of hydrogen-bond donors (Lipinski definition) is 0. The molecule has 0 aromatic rings. The lowest BCUT2D eigenvalue weighted by molar-refractivity contribution is -0.0775. The largest absolute Gasteiger partial charge is 0.381 e. The van der Waals surface area contributed by atoms with Crippen LogP contribution in [0.3, 0.4) is 0 Å². The predicted molar refractivity (Wildman–Crippen MR) is 85.1 cm³/mol. The van der Waals surface area contributed by atoms with Crippen LogP contribution in [-0.2, 0) is 14.2 Å². The molecule has 0 fully saturated rings. The van der Waals surface area contributed by atoms with Crippen molar-refractivity contribution in [2.45, 2.75) is 46.5 Å². The van der Waals surface area contributed by atoms with Gasteiger partial charge in [-0.1, -0.05) is 20.8 Å². The van der Waals surface area contributed by atoms with E-state index in [4.69, 9.17) is 24.7 Å². The molecule has 5 heteroatoms. The van der Waals surface area contributed by atoms with Crippen molar-refractivity contribution < 1.29 is 14.2 Å². The molecule has 0 bridgehead atoms. The van der Waals surface area contributed by atoms with Crippen molar-refractivity contribution in [2.75, 3.05) is 39.6 Å². The molecular weight excluding hydrogens is 280 g/mol. The minimum absolute atomic E-state index is 0.214. The number of ether oxygens (including phenoxy) is 3. The number of rotatable bonds is 14. The Morgan fingerprint density at radius 1 is 0.864 bits per heavy atom. The Morgan fingerprint density at radius 2 is 1.32 bits per heavy atom. The first kappa shape index (κ1) is 20.9. The zero-order valence-electron chi connectivity index (χ0n) is 14.3. The van der Waals surface area contributed by atoms with E-state index in [1.165, 1.54) is 0 Å². The van der Waals surface area contributed by atoms with Crippen molar-refractivity contribution in [3.05, 3.63) is 0 Å². The van der Waals surface area contributed by atoms with Gasteiger partial charge in [0.1, 0.15) is 0 Å². The van der Waals surface area contributed by atoms with Gasteiger partial charge in [-0.05, 0) is 18.8 Å². The van der Waals surface area contributed by atoms with E-state index in [0.717, 1.165) is 19.4 Å². The maximum absolute atomic E-state index is 8.60. The Hall–Kier alpha value is -1.14. The molecule has 0 radical (unpaired) electrons. The van der Waals surface area contributed by atoms with Crippen LogP contribution in [0, 0.1) is 34.0 Å². The Kier molecular flexibility index (Phi) is 12.8. The second-order valence-electron chi connectivity index (χ2n) is 6.07. The summed E-state index contributed by atoms with van der Waals surface area (Å²) >= 11 is 0. The fourth-order valence-electron chi connectivity index (χ4n) is 2.41. The summed E-state index contributed by atoms with van der Waals surface area (Å²) in [5.41, 5.74) is -0.214. The van der Waals surface area contributed by atoms with Gasteiger partial charge in [-0.15, -0.1) is 0 Å². The van der Waals surface area contributed by atoms with Gasteiger partial charge in [0.05, 0.1) is 58.0 Å². The maximum Gasteiger partial charge on any atom is 0.0645 e. The van der Waals surface area contributed by atoms with Crippen LogP contribution in [0.15, 0.2) is 0 Å². The van der Waals surface area contributed by atoms with Crippen molar-refractivity contribution in [1.82, 2.24) is 0 Å². The van der Waals surface area contributed by atoms with Gasteiger partial charge in [-0.25, -0.2) is 0 Å². The highest BCUT2D eigenvalue weighted by Crippen LogP contribution is 2.29. The fourth-order valence-corrected chi connectivity index (χ4v) is 2.41. The normalized spacial score (nSPS) is 11.4. The summed E-state index contributed by atoms with van der Waals surface area (Å²) in [7, 11) is 0. The number of hydrogen-bond acceptors (Lipinski definition) is 5. The molecule has 0 atom stereocenters. The van der Waals surface area contributed by atoms with Gasteiger partial charge in [-0.3, -0.25) is 0 Å². The molecule has 0 aromatic heterocycles. The van der Waals surface area contributed by atoms with Gasteiger partial charge in [-0.2, -0.15) is 10.5 Å². The highest BCUT2D eigenvalue weighted by molar-refractivity contribution is 4.81. The highest BCUT2D eigenvalue weighted by atomic mass is 16.5. The lowest BCUT2D eigenvalue weighted by Crippen LogP contribution is -2.39. The molecule has 0 aromatic carbocycles. The first-order valence-corrected chi connectivity index (χ1v) is 8.07. The minimum Gasteiger partial charge on any atom is -0.381 e. The van der Waals surface area contributed by atoms with Crippen molar-refractivity contribution in [1.29, 1.82) is 10.5 Å². The first-order valence-electron chi connectivity index (χ1n) is 8.07. The summed E-state index contributed by atoms with van der Waals surface area (Å²) in [6, 6.07) is 4.17. The van der Waals surface area contributed by atoms with Gasteiger partial charge in [0.2, 0.25) is 0 Å². The lowest BCUT2D eigenvalue weighted by atomic mass is 9.82. The molecule has 0 saturated heterocycles. The molecule has 0 spiro atoms. The zero-order valence-corrected chi connectivity index (χ0v) is 14.3. The SMILES string of the molecule is CCCOCC(COCCC#N)(COCCC#N)CC(C)C. The van der Waals surface area contributed by atoms with Crippen LogP contribution in [-0.4, -0.2) is 39.6 Å². The molecule has 0 heterocycles. The van der Waals surface area contributed by atoms with Crippen LogP contribution in [0.2, 0.25) is 0 Å². The van der Waals surface area contributed by atoms with Crippen molar-refractivity contribution in [2.24, 2.45) is 11.3 Å². The third kappa shape index (κ3) is 10.6. The van der Waals surface area contributed by atoms with E-state index < -0.39 is 0 Å². The van der Waals surface area contributed by atoms with Gasteiger partial charge >= 0.3 is 0 Å². The van der Waals surface area contributed by atoms with Crippen molar-refractivity contribution in [3.63, 3.8) is 0 Å². The fraction of sp³-hybridized carbons (Fsp3) is 0.882. The molecule has 5 nitrogen and oxygen atoms in total. The van der Waals surface area contributed by atoms with E-state index in [-0.39, 0.29) is 5.41 Å². The molecular formula is C17H30N2O3. The summed E-state index contributed by atoms with van der Waals surface area (Å²) in [5.74, 6) is 0.490. The van der Waals surface area contributed by atoms with E-state index in [0.29, 0.717) is 51.8 Å². The summed E-state index contributed by atoms with van der Waals surface area (Å²) < 4.78 is 17.1. The molecule has 0 aliphatic heterocycles. The van der Waals surface area contributed by atoms with E-state index in [2.05, 4.69) is 32.9 Å². The third-order valence-electron chi connectivity index (χ3n) is 3.13. The first-order chi connectivity index (χ1) is 10.6. The molecule has 0 aliphatic carbocycles. The average molecular weight is 310 g/mol. The van der Waals surface area contributed by atoms with Gasteiger partial charge in [0, 0.05) is 12.0 Å². The van der Waals surface area contributed by atoms with Crippen LogP contribution < -0.4 is 0 Å². The summed E-state index contributed by atoms with van der Waals surface area (Å²) in [5, 5.41) is 17.2. The summed E-state index contributed by atoms with van der Waals surface area (Å²) in [4.78, 5) is 0. The van der Waals surface area contributed by atoms with Crippen molar-refractivity contribution >= 4 is 0 Å². The van der Waals surface area contributed by atoms with E-state index in [1.807, 2.05) is 0 Å². The van der Waals surface area contributed by atoms with Crippen LogP contribution in [0.5, 0.6) is 0 Å². The van der Waals surface area contributed by atoms with Gasteiger partial charge < -0.3 is 14.2 Å². The number of nitriles is 2. The molecule has 0 rings (SSSR count). The summed E-state index contributed by atoms with van der Waals surface area (Å²) in [6.07, 6.45) is 2.68. The maximum atomic E-state index is 8.60. The van der Waals surface area contributed by atoms with E-state index in [1.54, 1.807) is 0 Å². The standard InChI is InChI=1S/C17H30N2O3/c1-4-9-20-13-17(12-16(2)3,14-21-10-5-7-18)15-22-11-6-8-19/h16H,4-6,9-15H2,1-3H3. The van der Waals surface area contributed by atoms with Crippen LogP contribution >= 0.6 is 0 Å². The minimum atomic E-state index is -0.214. The molecule has 0 unspecified atom stereocenters. The molecule has 22 heavy (non-hydrogen) atoms. The molecule has 0 saturated carbocycles. The zero-order chi connectivity index (χ0) is 16.7. The summed E-state index contributed by atoms with van der Waals surface area (Å²) in [6.45, 7) is 9.61. The topological polar surface area (TPSA) is 75.3 Å². The quantitative estimate of drug-likeness (QED) is 0.460. The smallest absolute Gasteiger partial charge is 0.0645 e. The lowest BCUT2D eigenvalue weighted by Gasteiger charge is -2.34. The molecule has 0 aliphatic rings. The second kappa shape index (κ2) is 13.5. The Morgan fingerprint density at radius 3 is 1.68 bits per heavy atom. The predicted octanol–water partition coefficient (Wildman–Crippen LogP) is 3.31. The highest BCUT2D eigenvalue weighted by Gasteiger charge is 2.32. The third-order valence-corrected chi connectivity index (χ3v) is 3.13. The van der Waals surface area contributed by atoms with Crippen LogP contribution in [0.1, 0.15) is 46.5 Å². The van der Waals surface area contributed by atoms with Crippen LogP contribution in [0.25, 0.3) is 0 Å². The van der Waals surface area contributed by atoms with Gasteiger partial charge in [0.25, 0.3) is 0 Å². The Labute approximate surface area is 135 Å². The monoisotopic (exact) mass is 310 g/mol. The van der Waals surface area contributed by atoms with E-state index in [9.17, 15) is 0 Å². The van der Waals surface area contributed by atoms with Crippen molar-refractivity contribution in [3.8, 4) is 12.1 Å². The molecule has 126 valence electrons. The molecule has 0 amide bonds. The Bertz CT molecular complexity index is 323. The second-order valence-corrected chi connectivity index (χ2v) is 6.07. The van der Waals surface area contributed by atoms with Gasteiger partial charge in [0.15, 0.2) is 0 Å². The number of nitrogens with zero attached hydrogens (tertiary/aromatic N) is 2. The Balaban J connectivity index is 4.65. The van der Waals surface area contributed by atoms with Crippen LogP contribution in [0.4, 0.5) is 0 Å². The average Bonchev–Trinajstić information content (AvgIpc) is 2.48. The molecule has 0 N–H and O–H groups in total. The van der Waals surface area contributed by atoms with E-state index >= 15 is 0 Å².